The van der Waals surface area contributed by atoms with Crippen LogP contribution in [0.25, 0.3) is 11.0 Å². The lowest BCUT2D eigenvalue weighted by Crippen LogP contribution is -2.04. The summed E-state index contributed by atoms with van der Waals surface area (Å²) in [5, 5.41) is 9.95. The summed E-state index contributed by atoms with van der Waals surface area (Å²) in [6, 6.07) is 5.19. The van der Waals surface area contributed by atoms with Crippen molar-refractivity contribution >= 4 is 11.0 Å². The van der Waals surface area contributed by atoms with Gasteiger partial charge in [-0.1, -0.05) is 12.1 Å². The standard InChI is InChI=1S/C12H12O4/c1-3-15-12-10(14)9(13)8-6-4-5-7(2)11(8)16-12/h4-6,14H,3H2,1-2H3. The smallest absolute Gasteiger partial charge is 0.333 e. The summed E-state index contributed by atoms with van der Waals surface area (Å²) in [7, 11) is 0. The SMILES string of the molecule is CCOc1oc2c(C)cccc2c(=O)c1O. The molecule has 1 N–H and O–H groups in total. The van der Waals surface area contributed by atoms with Crippen LogP contribution in [0.15, 0.2) is 27.4 Å². The molecule has 0 saturated carbocycles. The number of hydrogen-bond acceptors (Lipinski definition) is 4. The minimum atomic E-state index is -0.472. The molecule has 0 saturated heterocycles. The van der Waals surface area contributed by atoms with Crippen molar-refractivity contribution in [3.63, 3.8) is 0 Å². The topological polar surface area (TPSA) is 59.7 Å². The van der Waals surface area contributed by atoms with Gasteiger partial charge in [0, 0.05) is 0 Å². The maximum Gasteiger partial charge on any atom is 0.333 e. The van der Waals surface area contributed by atoms with Crippen LogP contribution in [-0.4, -0.2) is 11.7 Å². The van der Waals surface area contributed by atoms with Gasteiger partial charge in [0.05, 0.1) is 12.0 Å². The van der Waals surface area contributed by atoms with Crippen molar-refractivity contribution in [1.82, 2.24) is 0 Å². The first-order valence-corrected chi connectivity index (χ1v) is 5.03. The highest BCUT2D eigenvalue weighted by Gasteiger charge is 2.15. The molecular weight excluding hydrogens is 208 g/mol. The number of para-hydroxylation sites is 1. The lowest BCUT2D eigenvalue weighted by molar-refractivity contribution is 0.241. The van der Waals surface area contributed by atoms with E-state index in [1.807, 2.05) is 13.0 Å². The Morgan fingerprint density at radius 1 is 1.44 bits per heavy atom. The summed E-state index contributed by atoms with van der Waals surface area (Å²) in [6.45, 7) is 3.91. The Labute approximate surface area is 92.1 Å². The molecule has 1 heterocycles. The summed E-state index contributed by atoms with van der Waals surface area (Å²) >= 11 is 0. The highest BCUT2D eigenvalue weighted by Crippen LogP contribution is 2.28. The highest BCUT2D eigenvalue weighted by molar-refractivity contribution is 5.81. The molecule has 0 atom stereocenters. The summed E-state index contributed by atoms with van der Waals surface area (Å²) in [5.41, 5.74) is 0.817. The molecular formula is C12H12O4. The molecule has 4 nitrogen and oxygen atoms in total. The van der Waals surface area contributed by atoms with E-state index in [4.69, 9.17) is 9.15 Å². The zero-order valence-electron chi connectivity index (χ0n) is 9.11. The van der Waals surface area contributed by atoms with E-state index in [1.54, 1.807) is 19.1 Å². The van der Waals surface area contributed by atoms with Crippen LogP contribution >= 0.6 is 0 Å². The number of aryl methyl sites for hydroxylation is 1. The van der Waals surface area contributed by atoms with Crippen LogP contribution in [0, 0.1) is 6.92 Å². The van der Waals surface area contributed by atoms with Gasteiger partial charge in [-0.05, 0) is 25.5 Å². The average Bonchev–Trinajstić information content (AvgIpc) is 2.27. The van der Waals surface area contributed by atoms with E-state index < -0.39 is 11.2 Å². The fourth-order valence-electron chi connectivity index (χ4n) is 1.56. The second kappa shape index (κ2) is 3.89. The van der Waals surface area contributed by atoms with Crippen molar-refractivity contribution in [2.24, 2.45) is 0 Å². The molecule has 0 unspecified atom stereocenters. The average molecular weight is 220 g/mol. The molecule has 0 aliphatic carbocycles. The van der Waals surface area contributed by atoms with Crippen molar-refractivity contribution in [3.8, 4) is 11.7 Å². The van der Waals surface area contributed by atoms with Crippen LogP contribution in [0.4, 0.5) is 0 Å². The number of hydrogen-bond donors (Lipinski definition) is 1. The van der Waals surface area contributed by atoms with E-state index in [9.17, 15) is 9.90 Å². The van der Waals surface area contributed by atoms with E-state index in [0.717, 1.165) is 5.56 Å². The minimum Gasteiger partial charge on any atom is -0.499 e. The van der Waals surface area contributed by atoms with Gasteiger partial charge in [-0.15, -0.1) is 0 Å². The third kappa shape index (κ3) is 1.52. The zero-order valence-corrected chi connectivity index (χ0v) is 9.11. The number of rotatable bonds is 2. The summed E-state index contributed by atoms with van der Waals surface area (Å²) in [6.07, 6.45) is 0. The predicted molar refractivity (Wildman–Crippen MR) is 60.1 cm³/mol. The molecule has 4 heteroatoms. The molecule has 0 spiro atoms. The van der Waals surface area contributed by atoms with Gasteiger partial charge in [-0.3, -0.25) is 4.79 Å². The predicted octanol–water partition coefficient (Wildman–Crippen LogP) is 2.21. The van der Waals surface area contributed by atoms with Crippen molar-refractivity contribution in [2.45, 2.75) is 13.8 Å². The van der Waals surface area contributed by atoms with Gasteiger partial charge in [0.15, 0.2) is 0 Å². The number of fused-ring (bicyclic) bond motifs is 1. The lowest BCUT2D eigenvalue weighted by atomic mass is 10.1. The summed E-state index contributed by atoms with van der Waals surface area (Å²) < 4.78 is 10.4. The van der Waals surface area contributed by atoms with Gasteiger partial charge in [0.2, 0.25) is 11.2 Å². The van der Waals surface area contributed by atoms with Crippen LogP contribution in [0.5, 0.6) is 11.7 Å². The highest BCUT2D eigenvalue weighted by atomic mass is 16.6. The third-order valence-corrected chi connectivity index (χ3v) is 2.34. The minimum absolute atomic E-state index is 0.116. The Bertz CT molecular complexity index is 583. The molecule has 0 radical (unpaired) electrons. The maximum absolute atomic E-state index is 11.8. The molecule has 1 aromatic carbocycles. The first-order valence-electron chi connectivity index (χ1n) is 5.03. The molecule has 1 aromatic heterocycles. The molecule has 0 aliphatic rings. The molecule has 0 fully saturated rings. The quantitative estimate of drug-likeness (QED) is 0.842. The second-order valence-corrected chi connectivity index (χ2v) is 3.45. The van der Waals surface area contributed by atoms with Crippen LogP contribution < -0.4 is 10.2 Å². The first kappa shape index (κ1) is 10.5. The molecule has 2 aromatic rings. The van der Waals surface area contributed by atoms with Crippen molar-refractivity contribution in [3.05, 3.63) is 34.0 Å². The Morgan fingerprint density at radius 3 is 2.88 bits per heavy atom. The van der Waals surface area contributed by atoms with Crippen molar-refractivity contribution < 1.29 is 14.3 Å². The van der Waals surface area contributed by atoms with Gasteiger partial charge < -0.3 is 14.3 Å². The molecule has 0 bridgehead atoms. The van der Waals surface area contributed by atoms with E-state index in [-0.39, 0.29) is 5.95 Å². The third-order valence-electron chi connectivity index (χ3n) is 2.34. The number of benzene rings is 1. The Kier molecular flexibility index (Phi) is 2.56. The Morgan fingerprint density at radius 2 is 2.19 bits per heavy atom. The normalized spacial score (nSPS) is 10.6. The van der Waals surface area contributed by atoms with E-state index in [2.05, 4.69) is 0 Å². The zero-order chi connectivity index (χ0) is 11.7. The van der Waals surface area contributed by atoms with Gasteiger partial charge in [0.1, 0.15) is 5.58 Å². The molecule has 2 rings (SSSR count). The molecule has 0 amide bonds. The first-order chi connectivity index (χ1) is 7.65. The van der Waals surface area contributed by atoms with E-state index in [1.165, 1.54) is 0 Å². The van der Waals surface area contributed by atoms with Crippen LogP contribution in [0.3, 0.4) is 0 Å². The molecule has 84 valence electrons. The number of aromatic hydroxyl groups is 1. The summed E-state index contributed by atoms with van der Waals surface area (Å²) in [5.74, 6) is -0.589. The van der Waals surface area contributed by atoms with Gasteiger partial charge >= 0.3 is 5.95 Å². The van der Waals surface area contributed by atoms with Crippen LogP contribution in [0.1, 0.15) is 12.5 Å². The van der Waals surface area contributed by atoms with E-state index in [0.29, 0.717) is 17.6 Å². The van der Waals surface area contributed by atoms with Crippen molar-refractivity contribution in [2.75, 3.05) is 6.61 Å². The fourth-order valence-corrected chi connectivity index (χ4v) is 1.56. The van der Waals surface area contributed by atoms with Gasteiger partial charge in [0.25, 0.3) is 0 Å². The Hall–Kier alpha value is -1.97. The van der Waals surface area contributed by atoms with Crippen LogP contribution in [-0.2, 0) is 0 Å². The van der Waals surface area contributed by atoms with Gasteiger partial charge in [-0.2, -0.15) is 0 Å². The van der Waals surface area contributed by atoms with Crippen molar-refractivity contribution in [1.29, 1.82) is 0 Å². The maximum atomic E-state index is 11.8. The number of ether oxygens (including phenoxy) is 1. The Balaban J connectivity index is 2.84. The fraction of sp³-hybridized carbons (Fsp3) is 0.250. The molecule has 16 heavy (non-hydrogen) atoms. The van der Waals surface area contributed by atoms with Gasteiger partial charge in [-0.25, -0.2) is 0 Å². The summed E-state index contributed by atoms with van der Waals surface area (Å²) in [4.78, 5) is 11.8. The largest absolute Gasteiger partial charge is 0.499 e. The van der Waals surface area contributed by atoms with Crippen LogP contribution in [0.2, 0.25) is 0 Å². The monoisotopic (exact) mass is 220 g/mol. The second-order valence-electron chi connectivity index (χ2n) is 3.45. The molecule has 0 aliphatic heterocycles. The van der Waals surface area contributed by atoms with E-state index >= 15 is 0 Å². The lowest BCUT2D eigenvalue weighted by Gasteiger charge is -2.06.